The fraction of sp³-hybridized carbons (Fsp3) is 0.357. The second-order valence-electron chi connectivity index (χ2n) is 4.72. The van der Waals surface area contributed by atoms with Crippen LogP contribution in [0.3, 0.4) is 0 Å². The molecule has 104 valence electrons. The zero-order chi connectivity index (χ0) is 14.1. The monoisotopic (exact) mass is 289 g/mol. The predicted octanol–water partition coefficient (Wildman–Crippen LogP) is 1.65. The lowest BCUT2D eigenvalue weighted by molar-refractivity contribution is -0.122. The number of rotatable bonds is 3. The summed E-state index contributed by atoms with van der Waals surface area (Å²) in [7, 11) is 0. The van der Waals surface area contributed by atoms with Crippen LogP contribution in [-0.4, -0.2) is 40.8 Å². The highest BCUT2D eigenvalue weighted by Crippen LogP contribution is 2.21. The predicted molar refractivity (Wildman–Crippen MR) is 77.7 cm³/mol. The summed E-state index contributed by atoms with van der Waals surface area (Å²) in [5, 5.41) is 2.78. The van der Waals surface area contributed by atoms with Crippen LogP contribution >= 0.6 is 11.3 Å². The molecule has 0 bridgehead atoms. The number of thiazole rings is 1. The van der Waals surface area contributed by atoms with E-state index in [1.54, 1.807) is 16.5 Å². The summed E-state index contributed by atoms with van der Waals surface area (Å²) in [6, 6.07) is 5.14. The highest BCUT2D eigenvalue weighted by atomic mass is 32.1. The van der Waals surface area contributed by atoms with E-state index < -0.39 is 0 Å². The van der Waals surface area contributed by atoms with Crippen molar-refractivity contribution in [1.29, 1.82) is 0 Å². The molecule has 2 amide bonds. The number of nitrogens with zero attached hydrogens (tertiary/aromatic N) is 2. The standard InChI is InChI=1S/C14H15N3O2S/c1-2-17(11-5-6-15-13(11)18)14(19)9-3-4-10-12(7-9)20-8-16-10/h3-4,7-8,11H,2,5-6H2,1H3,(H,15,18). The molecule has 1 aliphatic heterocycles. The molecule has 3 rings (SSSR count). The highest BCUT2D eigenvalue weighted by molar-refractivity contribution is 7.16. The number of aromatic nitrogens is 1. The van der Waals surface area contributed by atoms with Crippen molar-refractivity contribution in [2.45, 2.75) is 19.4 Å². The molecule has 1 aromatic heterocycles. The minimum Gasteiger partial charge on any atom is -0.354 e. The van der Waals surface area contributed by atoms with Gasteiger partial charge in [0.2, 0.25) is 5.91 Å². The highest BCUT2D eigenvalue weighted by Gasteiger charge is 2.32. The minimum atomic E-state index is -0.343. The first-order valence-electron chi connectivity index (χ1n) is 6.62. The Morgan fingerprint density at radius 3 is 3.10 bits per heavy atom. The summed E-state index contributed by atoms with van der Waals surface area (Å²) in [4.78, 5) is 30.2. The van der Waals surface area contributed by atoms with Crippen molar-refractivity contribution in [2.75, 3.05) is 13.1 Å². The molecule has 1 fully saturated rings. The second kappa shape index (κ2) is 5.20. The van der Waals surface area contributed by atoms with E-state index in [-0.39, 0.29) is 17.9 Å². The van der Waals surface area contributed by atoms with Gasteiger partial charge < -0.3 is 10.2 Å². The van der Waals surface area contributed by atoms with E-state index in [0.717, 1.165) is 10.2 Å². The third kappa shape index (κ3) is 2.16. The molecule has 2 heterocycles. The topological polar surface area (TPSA) is 62.3 Å². The van der Waals surface area contributed by atoms with Gasteiger partial charge in [-0.3, -0.25) is 9.59 Å². The number of fused-ring (bicyclic) bond motifs is 1. The van der Waals surface area contributed by atoms with Crippen molar-refractivity contribution >= 4 is 33.4 Å². The van der Waals surface area contributed by atoms with Crippen LogP contribution in [-0.2, 0) is 4.79 Å². The van der Waals surface area contributed by atoms with Gasteiger partial charge >= 0.3 is 0 Å². The normalized spacial score (nSPS) is 18.2. The van der Waals surface area contributed by atoms with Gasteiger partial charge in [-0.1, -0.05) is 0 Å². The van der Waals surface area contributed by atoms with E-state index in [0.29, 0.717) is 25.1 Å². The maximum Gasteiger partial charge on any atom is 0.254 e. The summed E-state index contributed by atoms with van der Waals surface area (Å²) in [6.07, 6.45) is 0.682. The molecule has 0 radical (unpaired) electrons. The smallest absolute Gasteiger partial charge is 0.254 e. The molecule has 1 saturated heterocycles. The van der Waals surface area contributed by atoms with Gasteiger partial charge in [-0.15, -0.1) is 11.3 Å². The Hall–Kier alpha value is -1.95. The first kappa shape index (κ1) is 13.1. The van der Waals surface area contributed by atoms with Gasteiger partial charge in [0.15, 0.2) is 0 Å². The molecule has 1 atom stereocenters. The molecule has 2 aromatic rings. The molecule has 6 heteroatoms. The van der Waals surface area contributed by atoms with Crippen molar-refractivity contribution in [3.05, 3.63) is 29.3 Å². The molecule has 0 aliphatic carbocycles. The summed E-state index contributed by atoms with van der Waals surface area (Å²) < 4.78 is 0.989. The molecule has 0 saturated carbocycles. The lowest BCUT2D eigenvalue weighted by atomic mass is 10.1. The Morgan fingerprint density at radius 1 is 1.55 bits per heavy atom. The lowest BCUT2D eigenvalue weighted by Gasteiger charge is -2.25. The maximum absolute atomic E-state index is 12.6. The summed E-state index contributed by atoms with van der Waals surface area (Å²) in [6.45, 7) is 3.06. The van der Waals surface area contributed by atoms with Crippen molar-refractivity contribution in [3.8, 4) is 0 Å². The van der Waals surface area contributed by atoms with Gasteiger partial charge in [-0.2, -0.15) is 0 Å². The molecule has 1 unspecified atom stereocenters. The zero-order valence-electron chi connectivity index (χ0n) is 11.1. The third-order valence-electron chi connectivity index (χ3n) is 3.58. The van der Waals surface area contributed by atoms with Crippen molar-refractivity contribution < 1.29 is 9.59 Å². The van der Waals surface area contributed by atoms with Crippen LogP contribution in [0.2, 0.25) is 0 Å². The van der Waals surface area contributed by atoms with Gasteiger partial charge in [0.25, 0.3) is 5.91 Å². The number of carbonyl (C=O) groups is 2. The van der Waals surface area contributed by atoms with Gasteiger partial charge in [0.05, 0.1) is 15.7 Å². The number of nitrogens with one attached hydrogen (secondary N) is 1. The average Bonchev–Trinajstić information content (AvgIpc) is 3.08. The van der Waals surface area contributed by atoms with Crippen molar-refractivity contribution in [3.63, 3.8) is 0 Å². The Bertz CT molecular complexity index is 667. The van der Waals surface area contributed by atoms with Crippen LogP contribution in [0.4, 0.5) is 0 Å². The molecular formula is C14H15N3O2S. The van der Waals surface area contributed by atoms with Gasteiger partial charge in [-0.05, 0) is 31.5 Å². The van der Waals surface area contributed by atoms with Crippen molar-refractivity contribution in [1.82, 2.24) is 15.2 Å². The summed E-state index contributed by atoms with van der Waals surface area (Å²) in [5.74, 6) is -0.149. The van der Waals surface area contributed by atoms with Crippen LogP contribution in [0.1, 0.15) is 23.7 Å². The largest absolute Gasteiger partial charge is 0.354 e. The first-order valence-corrected chi connectivity index (χ1v) is 7.50. The minimum absolute atomic E-state index is 0.0564. The Morgan fingerprint density at radius 2 is 2.40 bits per heavy atom. The lowest BCUT2D eigenvalue weighted by Crippen LogP contribution is -2.44. The second-order valence-corrected chi connectivity index (χ2v) is 5.61. The van der Waals surface area contributed by atoms with Crippen molar-refractivity contribution in [2.24, 2.45) is 0 Å². The Labute approximate surface area is 120 Å². The van der Waals surface area contributed by atoms with E-state index in [4.69, 9.17) is 0 Å². The Balaban J connectivity index is 1.90. The molecule has 1 aromatic carbocycles. The summed E-state index contributed by atoms with van der Waals surface area (Å²) in [5.41, 5.74) is 3.28. The molecule has 1 aliphatic rings. The van der Waals surface area contributed by atoms with Gasteiger partial charge in [-0.25, -0.2) is 4.98 Å². The fourth-order valence-corrected chi connectivity index (χ4v) is 3.25. The van der Waals surface area contributed by atoms with Crippen LogP contribution < -0.4 is 5.32 Å². The zero-order valence-corrected chi connectivity index (χ0v) is 11.9. The van der Waals surface area contributed by atoms with Crippen LogP contribution in [0, 0.1) is 0 Å². The number of benzene rings is 1. The van der Waals surface area contributed by atoms with Crippen LogP contribution in [0.25, 0.3) is 10.2 Å². The fourth-order valence-electron chi connectivity index (χ4n) is 2.54. The third-order valence-corrected chi connectivity index (χ3v) is 4.37. The van der Waals surface area contributed by atoms with E-state index in [2.05, 4.69) is 10.3 Å². The number of amides is 2. The molecule has 5 nitrogen and oxygen atoms in total. The van der Waals surface area contributed by atoms with E-state index in [1.807, 2.05) is 19.1 Å². The Kier molecular flexibility index (Phi) is 3.40. The van der Waals surface area contributed by atoms with E-state index >= 15 is 0 Å². The molecule has 1 N–H and O–H groups in total. The number of likely N-dealkylation sites (N-methyl/N-ethyl adjacent to an activating group) is 1. The molecule has 20 heavy (non-hydrogen) atoms. The molecular weight excluding hydrogens is 274 g/mol. The van der Waals surface area contributed by atoms with E-state index in [9.17, 15) is 9.59 Å². The van der Waals surface area contributed by atoms with Crippen LogP contribution in [0.15, 0.2) is 23.7 Å². The first-order chi connectivity index (χ1) is 9.70. The number of carbonyl (C=O) groups excluding carboxylic acids is 2. The van der Waals surface area contributed by atoms with E-state index in [1.165, 1.54) is 11.3 Å². The van der Waals surface area contributed by atoms with Gasteiger partial charge in [0, 0.05) is 18.7 Å². The maximum atomic E-state index is 12.6. The number of hydrogen-bond acceptors (Lipinski definition) is 4. The average molecular weight is 289 g/mol. The SMILES string of the molecule is CCN(C(=O)c1ccc2ncsc2c1)C1CCNC1=O. The van der Waals surface area contributed by atoms with Gasteiger partial charge in [0.1, 0.15) is 6.04 Å². The summed E-state index contributed by atoms with van der Waals surface area (Å²) >= 11 is 1.51. The molecule has 0 spiro atoms. The quantitative estimate of drug-likeness (QED) is 0.934. The number of hydrogen-bond donors (Lipinski definition) is 1. The van der Waals surface area contributed by atoms with Crippen LogP contribution in [0.5, 0.6) is 0 Å².